The van der Waals surface area contributed by atoms with E-state index in [0.717, 1.165) is 61.5 Å². The van der Waals surface area contributed by atoms with Crippen molar-refractivity contribution >= 4 is 29.1 Å². The van der Waals surface area contributed by atoms with Crippen molar-refractivity contribution in [3.05, 3.63) is 58.6 Å². The number of piperidine rings is 2. The van der Waals surface area contributed by atoms with E-state index in [4.69, 9.17) is 16.3 Å². The lowest BCUT2D eigenvalue weighted by molar-refractivity contribution is -0.262. The van der Waals surface area contributed by atoms with E-state index in [9.17, 15) is 27.9 Å². The number of aliphatic hydroxyl groups is 1. The van der Waals surface area contributed by atoms with E-state index in [-0.39, 0.29) is 24.7 Å². The van der Waals surface area contributed by atoms with Gasteiger partial charge in [0.05, 0.1) is 17.7 Å². The largest absolute Gasteiger partial charge is 0.497 e. The van der Waals surface area contributed by atoms with Crippen LogP contribution >= 0.6 is 11.6 Å². The molecule has 1 N–H and O–H groups in total. The Labute approximate surface area is 250 Å². The second kappa shape index (κ2) is 13.1. The Kier molecular flexibility index (Phi) is 9.98. The standard InChI is InChI=1S/C31H39ClF3N3O4/c1-36(2)28(39)26-10-9-24(20-27(26)32)37-15-11-21(12-16-37)7-8-22-13-17-38(18-14-22)29(40)30(41,31(33,34)35)23-5-4-6-25(19-23)42-3/h4-6,9-10,19-22,41H,7-8,11-18H2,1-3H3. The first kappa shape index (κ1) is 31.9. The lowest BCUT2D eigenvalue weighted by atomic mass is 9.84. The summed E-state index contributed by atoms with van der Waals surface area (Å²) in [5.74, 6) is -0.467. The Hall–Kier alpha value is -2.98. The lowest BCUT2D eigenvalue weighted by Crippen LogP contribution is -2.57. The molecule has 4 rings (SSSR count). The number of halogens is 4. The minimum absolute atomic E-state index is 0.130. The molecular weight excluding hydrogens is 571 g/mol. The summed E-state index contributed by atoms with van der Waals surface area (Å²) in [5, 5.41) is 11.2. The molecule has 1 unspecified atom stereocenters. The third-order valence-corrected chi connectivity index (χ3v) is 8.97. The summed E-state index contributed by atoms with van der Waals surface area (Å²) in [4.78, 5) is 30.3. The Morgan fingerprint density at radius 2 is 1.57 bits per heavy atom. The number of alkyl halides is 3. The van der Waals surface area contributed by atoms with Gasteiger partial charge < -0.3 is 24.5 Å². The Morgan fingerprint density at radius 1 is 0.976 bits per heavy atom. The van der Waals surface area contributed by atoms with Crippen LogP contribution in [0, 0.1) is 11.8 Å². The zero-order valence-corrected chi connectivity index (χ0v) is 25.0. The molecule has 2 aliphatic rings. The van der Waals surface area contributed by atoms with Gasteiger partial charge in [0.1, 0.15) is 5.75 Å². The first-order valence-corrected chi connectivity index (χ1v) is 14.7. The van der Waals surface area contributed by atoms with Gasteiger partial charge in [0.15, 0.2) is 0 Å². The predicted octanol–water partition coefficient (Wildman–Crippen LogP) is 5.74. The Morgan fingerprint density at radius 3 is 2.10 bits per heavy atom. The number of likely N-dealkylation sites (tertiary alicyclic amines) is 1. The highest BCUT2D eigenvalue weighted by atomic mass is 35.5. The van der Waals surface area contributed by atoms with E-state index < -0.39 is 23.2 Å². The molecule has 7 nitrogen and oxygen atoms in total. The van der Waals surface area contributed by atoms with Crippen LogP contribution in [0.5, 0.6) is 5.75 Å². The normalized spacial score (nSPS) is 18.5. The summed E-state index contributed by atoms with van der Waals surface area (Å²) >= 11 is 6.40. The van der Waals surface area contributed by atoms with Gasteiger partial charge in [-0.15, -0.1) is 0 Å². The third-order valence-electron chi connectivity index (χ3n) is 8.66. The molecule has 11 heteroatoms. The molecule has 2 aromatic carbocycles. The number of carbonyl (C=O) groups is 2. The quantitative estimate of drug-likeness (QED) is 0.414. The highest BCUT2D eigenvalue weighted by molar-refractivity contribution is 6.34. The lowest BCUT2D eigenvalue weighted by Gasteiger charge is -2.39. The number of carbonyl (C=O) groups excluding carboxylic acids is 2. The molecule has 0 aromatic heterocycles. The van der Waals surface area contributed by atoms with Crippen LogP contribution in [0.15, 0.2) is 42.5 Å². The van der Waals surface area contributed by atoms with Crippen molar-refractivity contribution in [2.75, 3.05) is 52.3 Å². The summed E-state index contributed by atoms with van der Waals surface area (Å²) in [6.45, 7) is 2.12. The summed E-state index contributed by atoms with van der Waals surface area (Å²) in [7, 11) is 4.70. The van der Waals surface area contributed by atoms with Gasteiger partial charge in [-0.05, 0) is 67.9 Å². The summed E-state index contributed by atoms with van der Waals surface area (Å²) in [6.07, 6.45) is 0.0531. The number of hydrogen-bond acceptors (Lipinski definition) is 5. The zero-order valence-electron chi connectivity index (χ0n) is 24.3. The van der Waals surface area contributed by atoms with E-state index in [0.29, 0.717) is 35.3 Å². The Bertz CT molecular complexity index is 1260. The average Bonchev–Trinajstić information content (AvgIpc) is 2.98. The maximum atomic E-state index is 14.1. The van der Waals surface area contributed by atoms with Crippen LogP contribution in [0.25, 0.3) is 0 Å². The smallest absolute Gasteiger partial charge is 0.430 e. The molecule has 42 heavy (non-hydrogen) atoms. The fourth-order valence-corrected chi connectivity index (χ4v) is 6.23. The summed E-state index contributed by atoms with van der Waals surface area (Å²) < 4.78 is 47.3. The van der Waals surface area contributed by atoms with Crippen molar-refractivity contribution < 1.29 is 32.6 Å². The maximum Gasteiger partial charge on any atom is 0.430 e. The van der Waals surface area contributed by atoms with E-state index in [1.807, 2.05) is 12.1 Å². The molecular formula is C31H39ClF3N3O4. The fraction of sp³-hybridized carbons (Fsp3) is 0.548. The van der Waals surface area contributed by atoms with Gasteiger partial charge in [-0.1, -0.05) is 36.6 Å². The van der Waals surface area contributed by atoms with Crippen LogP contribution in [0.3, 0.4) is 0 Å². The van der Waals surface area contributed by atoms with Gasteiger partial charge in [0.25, 0.3) is 17.4 Å². The van der Waals surface area contributed by atoms with Crippen LogP contribution in [0.2, 0.25) is 5.02 Å². The molecule has 0 aliphatic carbocycles. The molecule has 2 saturated heterocycles. The van der Waals surface area contributed by atoms with Crippen molar-refractivity contribution in [1.82, 2.24) is 9.80 Å². The molecule has 2 amide bonds. The second-order valence-electron chi connectivity index (χ2n) is 11.5. The van der Waals surface area contributed by atoms with Gasteiger partial charge in [0, 0.05) is 51.5 Å². The molecule has 2 heterocycles. The van der Waals surface area contributed by atoms with E-state index in [1.165, 1.54) is 24.1 Å². The molecule has 230 valence electrons. The third kappa shape index (κ3) is 6.80. The van der Waals surface area contributed by atoms with Gasteiger partial charge in [-0.3, -0.25) is 9.59 Å². The molecule has 2 fully saturated rings. The van der Waals surface area contributed by atoms with Crippen LogP contribution in [0.1, 0.15) is 54.4 Å². The molecule has 0 bridgehead atoms. The van der Waals surface area contributed by atoms with Crippen LogP contribution < -0.4 is 9.64 Å². The van der Waals surface area contributed by atoms with E-state index >= 15 is 0 Å². The number of methoxy groups -OCH3 is 1. The van der Waals surface area contributed by atoms with Crippen molar-refractivity contribution in [2.24, 2.45) is 11.8 Å². The number of amides is 2. The molecule has 0 saturated carbocycles. The van der Waals surface area contributed by atoms with Crippen molar-refractivity contribution in [3.8, 4) is 5.75 Å². The molecule has 0 radical (unpaired) electrons. The zero-order chi connectivity index (χ0) is 30.7. The Balaban J connectivity index is 1.27. The number of anilines is 1. The van der Waals surface area contributed by atoms with Crippen LogP contribution in [0.4, 0.5) is 18.9 Å². The number of rotatable bonds is 8. The van der Waals surface area contributed by atoms with Gasteiger partial charge in [-0.2, -0.15) is 13.2 Å². The monoisotopic (exact) mass is 609 g/mol. The van der Waals surface area contributed by atoms with Gasteiger partial charge in [-0.25, -0.2) is 0 Å². The average molecular weight is 610 g/mol. The van der Waals surface area contributed by atoms with Gasteiger partial charge >= 0.3 is 6.18 Å². The number of nitrogens with zero attached hydrogens (tertiary/aromatic N) is 3. The minimum atomic E-state index is -5.18. The van der Waals surface area contributed by atoms with Crippen LogP contribution in [-0.4, -0.2) is 80.3 Å². The predicted molar refractivity (Wildman–Crippen MR) is 156 cm³/mol. The van der Waals surface area contributed by atoms with Crippen molar-refractivity contribution in [3.63, 3.8) is 0 Å². The molecule has 2 aromatic rings. The van der Waals surface area contributed by atoms with E-state index in [1.54, 1.807) is 20.2 Å². The second-order valence-corrected chi connectivity index (χ2v) is 12.0. The summed E-state index contributed by atoms with van der Waals surface area (Å²) in [6, 6.07) is 10.5. The van der Waals surface area contributed by atoms with Gasteiger partial charge in [0.2, 0.25) is 0 Å². The SMILES string of the molecule is COc1cccc(C(O)(C(=O)N2CCC(CCC3CCN(c4ccc(C(=O)N(C)C)c(Cl)c4)CC3)CC2)C(F)(F)F)c1. The fourth-order valence-electron chi connectivity index (χ4n) is 5.98. The highest BCUT2D eigenvalue weighted by Crippen LogP contribution is 2.42. The van der Waals surface area contributed by atoms with Crippen molar-refractivity contribution in [2.45, 2.75) is 50.3 Å². The first-order valence-electron chi connectivity index (χ1n) is 14.3. The van der Waals surface area contributed by atoms with E-state index in [2.05, 4.69) is 4.90 Å². The molecule has 0 spiro atoms. The summed E-state index contributed by atoms with van der Waals surface area (Å²) in [5.41, 5.74) is -2.70. The van der Waals surface area contributed by atoms with Crippen LogP contribution in [-0.2, 0) is 10.4 Å². The number of benzene rings is 2. The minimum Gasteiger partial charge on any atom is -0.497 e. The molecule has 1 atom stereocenters. The highest BCUT2D eigenvalue weighted by Gasteiger charge is 2.62. The first-order chi connectivity index (χ1) is 19.8. The molecule has 2 aliphatic heterocycles. The topological polar surface area (TPSA) is 73.3 Å². The maximum absolute atomic E-state index is 14.1. The number of hydrogen-bond donors (Lipinski definition) is 1. The number of ether oxygens (including phenoxy) is 1. The van der Waals surface area contributed by atoms with Crippen molar-refractivity contribution in [1.29, 1.82) is 0 Å².